The molecule has 2 aromatic rings. The van der Waals surface area contributed by atoms with Gasteiger partial charge in [0.15, 0.2) is 5.75 Å². The van der Waals surface area contributed by atoms with E-state index in [-0.39, 0.29) is 17.7 Å². The first kappa shape index (κ1) is 20.0. The number of pyridine rings is 1. The third kappa shape index (κ3) is 3.63. The number of hydrogen-bond donors (Lipinski definition) is 2. The second kappa shape index (κ2) is 8.09. The second-order valence-electron chi connectivity index (χ2n) is 7.54. The topological polar surface area (TPSA) is 82.8 Å². The molecule has 0 bridgehead atoms. The van der Waals surface area contributed by atoms with E-state index in [0.717, 1.165) is 36.8 Å². The van der Waals surface area contributed by atoms with Crippen LogP contribution in [-0.2, 0) is 17.6 Å². The highest BCUT2D eigenvalue weighted by Gasteiger charge is 2.31. The number of amides is 1. The lowest BCUT2D eigenvalue weighted by molar-refractivity contribution is -0.137. The van der Waals surface area contributed by atoms with E-state index in [4.69, 9.17) is 0 Å². The van der Waals surface area contributed by atoms with E-state index in [1.165, 1.54) is 6.07 Å². The van der Waals surface area contributed by atoms with E-state index in [9.17, 15) is 19.8 Å². The van der Waals surface area contributed by atoms with Crippen LogP contribution in [0.15, 0.2) is 35.3 Å². The van der Waals surface area contributed by atoms with Gasteiger partial charge >= 0.3 is 0 Å². The average molecular weight is 384 g/mol. The standard InChI is InChI=1S/C22H28N2O4/c1-4-11-24(17-8-9-18-16(13-17)6-5-7-19(18)25)22(28)15(3)23-12-10-20(26)21(27)14(23)2/h5-7,10,12,15,17,25,27H,4,8-9,11,13H2,1-3H3/t15-,17?/m0/s1. The number of rotatable bonds is 5. The molecule has 0 spiro atoms. The summed E-state index contributed by atoms with van der Waals surface area (Å²) in [6.07, 6.45) is 4.68. The van der Waals surface area contributed by atoms with Crippen molar-refractivity contribution in [3.63, 3.8) is 0 Å². The molecule has 2 N–H and O–H groups in total. The number of benzene rings is 1. The molecule has 3 rings (SSSR count). The molecule has 0 radical (unpaired) electrons. The van der Waals surface area contributed by atoms with Crippen molar-refractivity contribution in [2.75, 3.05) is 6.54 Å². The summed E-state index contributed by atoms with van der Waals surface area (Å²) in [5, 5.41) is 20.0. The third-order valence-corrected chi connectivity index (χ3v) is 5.74. The Hall–Kier alpha value is -2.76. The summed E-state index contributed by atoms with van der Waals surface area (Å²) < 4.78 is 1.66. The summed E-state index contributed by atoms with van der Waals surface area (Å²) in [6.45, 7) is 6.13. The SMILES string of the molecule is CCCN(C(=O)[C@H](C)n1ccc(=O)c(O)c1C)C1CCc2c(O)cccc2C1. The van der Waals surface area contributed by atoms with Gasteiger partial charge in [-0.1, -0.05) is 19.1 Å². The predicted molar refractivity (Wildman–Crippen MR) is 108 cm³/mol. The van der Waals surface area contributed by atoms with Crippen LogP contribution in [0.1, 0.15) is 49.6 Å². The van der Waals surface area contributed by atoms with Gasteiger partial charge in [-0.05, 0) is 56.7 Å². The number of carbonyl (C=O) groups excluding carboxylic acids is 1. The zero-order chi connectivity index (χ0) is 20.4. The Morgan fingerprint density at radius 2 is 2.07 bits per heavy atom. The van der Waals surface area contributed by atoms with Gasteiger partial charge in [0.1, 0.15) is 11.8 Å². The fraction of sp³-hybridized carbons (Fsp3) is 0.455. The molecule has 0 fully saturated rings. The molecule has 1 aromatic carbocycles. The van der Waals surface area contributed by atoms with Gasteiger partial charge in [-0.3, -0.25) is 9.59 Å². The Bertz CT molecular complexity index is 935. The van der Waals surface area contributed by atoms with E-state index in [2.05, 4.69) is 0 Å². The first-order chi connectivity index (χ1) is 13.3. The van der Waals surface area contributed by atoms with E-state index in [1.807, 2.05) is 24.0 Å². The molecule has 1 amide bonds. The smallest absolute Gasteiger partial charge is 0.245 e. The van der Waals surface area contributed by atoms with Gasteiger partial charge < -0.3 is 19.7 Å². The Morgan fingerprint density at radius 3 is 2.79 bits per heavy atom. The van der Waals surface area contributed by atoms with Crippen LogP contribution in [0, 0.1) is 6.92 Å². The van der Waals surface area contributed by atoms with Crippen LogP contribution in [0.3, 0.4) is 0 Å². The molecule has 6 heteroatoms. The molecule has 0 saturated heterocycles. The number of nitrogens with zero attached hydrogens (tertiary/aromatic N) is 2. The average Bonchev–Trinajstić information content (AvgIpc) is 2.69. The maximum absolute atomic E-state index is 13.4. The minimum Gasteiger partial charge on any atom is -0.508 e. The summed E-state index contributed by atoms with van der Waals surface area (Å²) in [5.41, 5.74) is 2.03. The van der Waals surface area contributed by atoms with Crippen molar-refractivity contribution >= 4 is 5.91 Å². The van der Waals surface area contributed by atoms with Crippen molar-refractivity contribution in [1.29, 1.82) is 0 Å². The summed E-state index contributed by atoms with van der Waals surface area (Å²) in [4.78, 5) is 26.9. The number of aromatic nitrogens is 1. The normalized spacial score (nSPS) is 17.0. The second-order valence-corrected chi connectivity index (χ2v) is 7.54. The lowest BCUT2D eigenvalue weighted by Crippen LogP contribution is -2.46. The molecule has 1 aliphatic carbocycles. The molecule has 1 heterocycles. The Kier molecular flexibility index (Phi) is 5.77. The van der Waals surface area contributed by atoms with Gasteiger partial charge in [-0.25, -0.2) is 0 Å². The molecule has 0 aliphatic heterocycles. The molecule has 150 valence electrons. The van der Waals surface area contributed by atoms with Crippen molar-refractivity contribution in [3.8, 4) is 11.5 Å². The van der Waals surface area contributed by atoms with Gasteiger partial charge in [-0.15, -0.1) is 0 Å². The Morgan fingerprint density at radius 1 is 1.32 bits per heavy atom. The van der Waals surface area contributed by atoms with Crippen LogP contribution in [0.4, 0.5) is 0 Å². The largest absolute Gasteiger partial charge is 0.508 e. The van der Waals surface area contributed by atoms with Gasteiger partial charge in [0.05, 0.1) is 5.69 Å². The Balaban J connectivity index is 1.87. The van der Waals surface area contributed by atoms with Gasteiger partial charge in [0, 0.05) is 24.8 Å². The van der Waals surface area contributed by atoms with Crippen molar-refractivity contribution in [3.05, 3.63) is 57.5 Å². The first-order valence-corrected chi connectivity index (χ1v) is 9.86. The van der Waals surface area contributed by atoms with Crippen molar-refractivity contribution in [2.45, 2.75) is 58.5 Å². The zero-order valence-electron chi connectivity index (χ0n) is 16.7. The van der Waals surface area contributed by atoms with Crippen LogP contribution in [0.2, 0.25) is 0 Å². The van der Waals surface area contributed by atoms with Crippen LogP contribution in [0.25, 0.3) is 0 Å². The summed E-state index contributed by atoms with van der Waals surface area (Å²) >= 11 is 0. The van der Waals surface area contributed by atoms with Crippen LogP contribution in [0.5, 0.6) is 11.5 Å². The third-order valence-electron chi connectivity index (χ3n) is 5.74. The highest BCUT2D eigenvalue weighted by Crippen LogP contribution is 2.31. The first-order valence-electron chi connectivity index (χ1n) is 9.86. The van der Waals surface area contributed by atoms with Crippen LogP contribution in [-0.4, -0.2) is 38.2 Å². The van der Waals surface area contributed by atoms with E-state index in [0.29, 0.717) is 18.0 Å². The fourth-order valence-electron chi connectivity index (χ4n) is 4.17. The summed E-state index contributed by atoms with van der Waals surface area (Å²) in [6, 6.07) is 6.40. The Labute approximate surface area is 165 Å². The monoisotopic (exact) mass is 384 g/mol. The lowest BCUT2D eigenvalue weighted by Gasteiger charge is -2.37. The number of phenols is 1. The molecule has 0 saturated carbocycles. The summed E-state index contributed by atoms with van der Waals surface area (Å²) in [5.74, 6) is -0.00935. The van der Waals surface area contributed by atoms with Crippen molar-refractivity contribution < 1.29 is 15.0 Å². The van der Waals surface area contributed by atoms with Gasteiger partial charge in [0.25, 0.3) is 0 Å². The maximum Gasteiger partial charge on any atom is 0.245 e. The molecule has 1 aliphatic rings. The van der Waals surface area contributed by atoms with E-state index in [1.54, 1.807) is 30.7 Å². The quantitative estimate of drug-likeness (QED) is 0.830. The number of carbonyl (C=O) groups is 1. The molecule has 1 aromatic heterocycles. The fourth-order valence-corrected chi connectivity index (χ4v) is 4.17. The molecule has 28 heavy (non-hydrogen) atoms. The number of hydrogen-bond acceptors (Lipinski definition) is 4. The predicted octanol–water partition coefficient (Wildman–Crippen LogP) is 2.93. The van der Waals surface area contributed by atoms with Gasteiger partial charge in [-0.2, -0.15) is 0 Å². The van der Waals surface area contributed by atoms with Crippen LogP contribution >= 0.6 is 0 Å². The zero-order valence-corrected chi connectivity index (χ0v) is 16.7. The van der Waals surface area contributed by atoms with E-state index < -0.39 is 11.5 Å². The van der Waals surface area contributed by atoms with Crippen molar-refractivity contribution in [2.24, 2.45) is 0 Å². The minimum atomic E-state index is -0.524. The highest BCUT2D eigenvalue weighted by atomic mass is 16.3. The lowest BCUT2D eigenvalue weighted by atomic mass is 9.86. The highest BCUT2D eigenvalue weighted by molar-refractivity contribution is 5.80. The van der Waals surface area contributed by atoms with Crippen LogP contribution < -0.4 is 5.43 Å². The minimum absolute atomic E-state index is 0.0263. The number of phenolic OH excluding ortho intramolecular Hbond substituents is 1. The van der Waals surface area contributed by atoms with E-state index >= 15 is 0 Å². The number of fused-ring (bicyclic) bond motifs is 1. The molecule has 6 nitrogen and oxygen atoms in total. The summed E-state index contributed by atoms with van der Waals surface area (Å²) in [7, 11) is 0. The molecular formula is C22H28N2O4. The maximum atomic E-state index is 13.4. The van der Waals surface area contributed by atoms with Crippen molar-refractivity contribution in [1.82, 2.24) is 9.47 Å². The molecule has 1 unspecified atom stereocenters. The molecule has 2 atom stereocenters. The number of aromatic hydroxyl groups is 2. The van der Waals surface area contributed by atoms with Gasteiger partial charge in [0.2, 0.25) is 11.3 Å². The molecular weight excluding hydrogens is 356 g/mol.